The molecule has 0 fully saturated rings. The topological polar surface area (TPSA) is 26.5 Å². The number of ether oxygens (including phenoxy) is 1. The molecule has 0 atom stereocenters. The van der Waals surface area contributed by atoms with E-state index in [2.05, 4.69) is 27.7 Å². The Morgan fingerprint density at radius 2 is 2.27 bits per heavy atom. The van der Waals surface area contributed by atoms with Gasteiger partial charge >= 0.3 is 0 Å². The van der Waals surface area contributed by atoms with Crippen molar-refractivity contribution in [3.05, 3.63) is 35.9 Å². The molecule has 0 radical (unpaired) electrons. The maximum absolute atomic E-state index is 5.05. The monoisotopic (exact) mass is 204 g/mol. The lowest BCUT2D eigenvalue weighted by atomic mass is 10.2. The number of hydrogen-bond donors (Lipinski definition) is 0. The number of fused-ring (bicyclic) bond motifs is 1. The van der Waals surface area contributed by atoms with Crippen molar-refractivity contribution in [3.63, 3.8) is 0 Å². The van der Waals surface area contributed by atoms with Crippen LogP contribution in [0.15, 0.2) is 24.4 Å². The summed E-state index contributed by atoms with van der Waals surface area (Å²) in [5.74, 6) is 1.05. The molecule has 0 N–H and O–H groups in total. The Morgan fingerprint density at radius 1 is 1.40 bits per heavy atom. The van der Waals surface area contributed by atoms with Gasteiger partial charge in [0.1, 0.15) is 5.82 Å². The fourth-order valence-electron chi connectivity index (χ4n) is 1.83. The third-order valence-electron chi connectivity index (χ3n) is 2.56. The molecule has 2 aromatic heterocycles. The lowest BCUT2D eigenvalue weighted by molar-refractivity contribution is 0.195. The molecule has 3 heteroatoms. The Balaban J connectivity index is 2.27. The summed E-state index contributed by atoms with van der Waals surface area (Å²) in [6, 6.07) is 6.19. The summed E-state index contributed by atoms with van der Waals surface area (Å²) < 4.78 is 7.17. The van der Waals surface area contributed by atoms with E-state index in [-0.39, 0.29) is 0 Å². The molecular formula is C12H16N2O. The Kier molecular flexibility index (Phi) is 3.02. The lowest BCUT2D eigenvalue weighted by Gasteiger charge is -1.98. The summed E-state index contributed by atoms with van der Waals surface area (Å²) in [5, 5.41) is 0. The normalized spacial score (nSPS) is 11.1. The quantitative estimate of drug-likeness (QED) is 0.714. The van der Waals surface area contributed by atoms with Gasteiger partial charge in [-0.05, 0) is 31.9 Å². The van der Waals surface area contributed by atoms with Crippen LogP contribution in [0.25, 0.3) is 5.52 Å². The molecule has 0 unspecified atom stereocenters. The van der Waals surface area contributed by atoms with Crippen molar-refractivity contribution in [3.8, 4) is 0 Å². The summed E-state index contributed by atoms with van der Waals surface area (Å²) in [4.78, 5) is 4.57. The van der Waals surface area contributed by atoms with Gasteiger partial charge in [0.05, 0.1) is 11.2 Å². The maximum atomic E-state index is 5.05. The molecule has 0 aliphatic carbocycles. The number of methoxy groups -OCH3 is 1. The molecule has 0 saturated heterocycles. The van der Waals surface area contributed by atoms with E-state index in [0.29, 0.717) is 0 Å². The number of imidazole rings is 1. The van der Waals surface area contributed by atoms with E-state index in [1.54, 1.807) is 7.11 Å². The smallest absolute Gasteiger partial charge is 0.110 e. The standard InChI is InChI=1S/C12H16N2O/c1-10-13-11(6-5-9-15-2)12-7-3-4-8-14(10)12/h3-4,7-8H,5-6,9H2,1-2H3. The largest absolute Gasteiger partial charge is 0.385 e. The van der Waals surface area contributed by atoms with E-state index in [9.17, 15) is 0 Å². The average Bonchev–Trinajstić information content (AvgIpc) is 2.58. The predicted octanol–water partition coefficient (Wildman–Crippen LogP) is 2.22. The first-order valence-electron chi connectivity index (χ1n) is 5.24. The van der Waals surface area contributed by atoms with Crippen LogP contribution in [0, 0.1) is 6.92 Å². The van der Waals surface area contributed by atoms with Crippen LogP contribution in [0.1, 0.15) is 17.9 Å². The van der Waals surface area contributed by atoms with Gasteiger partial charge in [-0.3, -0.25) is 0 Å². The molecule has 0 aliphatic rings. The van der Waals surface area contributed by atoms with E-state index in [1.807, 2.05) is 13.0 Å². The van der Waals surface area contributed by atoms with Gasteiger partial charge in [-0.15, -0.1) is 0 Å². The Hall–Kier alpha value is -1.35. The number of hydrogen-bond acceptors (Lipinski definition) is 2. The number of rotatable bonds is 4. The van der Waals surface area contributed by atoms with E-state index in [1.165, 1.54) is 11.2 Å². The van der Waals surface area contributed by atoms with Crippen molar-refractivity contribution >= 4 is 5.52 Å². The second kappa shape index (κ2) is 4.45. The first-order valence-corrected chi connectivity index (χ1v) is 5.24. The fourth-order valence-corrected chi connectivity index (χ4v) is 1.83. The van der Waals surface area contributed by atoms with Crippen LogP contribution >= 0.6 is 0 Å². The highest BCUT2D eigenvalue weighted by Crippen LogP contribution is 2.13. The minimum atomic E-state index is 0.797. The third-order valence-corrected chi connectivity index (χ3v) is 2.56. The Labute approximate surface area is 89.7 Å². The molecular weight excluding hydrogens is 188 g/mol. The SMILES string of the molecule is COCCCc1nc(C)n2ccccc12. The van der Waals surface area contributed by atoms with Crippen LogP contribution < -0.4 is 0 Å². The minimum absolute atomic E-state index is 0.797. The summed E-state index contributed by atoms with van der Waals surface area (Å²) in [5.41, 5.74) is 2.39. The molecule has 0 aromatic carbocycles. The molecule has 0 bridgehead atoms. The van der Waals surface area contributed by atoms with Gasteiger partial charge in [-0.1, -0.05) is 6.07 Å². The van der Waals surface area contributed by atoms with Gasteiger partial charge < -0.3 is 9.14 Å². The minimum Gasteiger partial charge on any atom is -0.385 e. The maximum Gasteiger partial charge on any atom is 0.110 e. The van der Waals surface area contributed by atoms with E-state index >= 15 is 0 Å². The lowest BCUT2D eigenvalue weighted by Crippen LogP contribution is -1.93. The van der Waals surface area contributed by atoms with Crippen LogP contribution in [0.5, 0.6) is 0 Å². The third kappa shape index (κ3) is 2.02. The summed E-state index contributed by atoms with van der Waals surface area (Å²) in [7, 11) is 1.73. The summed E-state index contributed by atoms with van der Waals surface area (Å²) >= 11 is 0. The van der Waals surface area contributed by atoms with Crippen LogP contribution in [-0.4, -0.2) is 23.1 Å². The molecule has 2 rings (SSSR count). The number of aryl methyl sites for hydroxylation is 2. The molecule has 2 heterocycles. The predicted molar refractivity (Wildman–Crippen MR) is 60.1 cm³/mol. The van der Waals surface area contributed by atoms with Gasteiger partial charge in [-0.25, -0.2) is 4.98 Å². The molecule has 80 valence electrons. The van der Waals surface area contributed by atoms with Crippen molar-refractivity contribution in [2.75, 3.05) is 13.7 Å². The first-order chi connectivity index (χ1) is 7.33. The van der Waals surface area contributed by atoms with Crippen molar-refractivity contribution in [1.29, 1.82) is 0 Å². The average molecular weight is 204 g/mol. The molecule has 0 saturated carbocycles. The van der Waals surface area contributed by atoms with E-state index in [4.69, 9.17) is 4.74 Å². The Morgan fingerprint density at radius 3 is 3.07 bits per heavy atom. The van der Waals surface area contributed by atoms with Gasteiger partial charge in [-0.2, -0.15) is 0 Å². The van der Waals surface area contributed by atoms with Gasteiger partial charge in [0.15, 0.2) is 0 Å². The van der Waals surface area contributed by atoms with Crippen molar-refractivity contribution < 1.29 is 4.74 Å². The number of aromatic nitrogens is 2. The zero-order valence-corrected chi connectivity index (χ0v) is 9.23. The van der Waals surface area contributed by atoms with Crippen molar-refractivity contribution in [2.24, 2.45) is 0 Å². The van der Waals surface area contributed by atoms with Crippen LogP contribution in [0.4, 0.5) is 0 Å². The highest BCUT2D eigenvalue weighted by atomic mass is 16.5. The van der Waals surface area contributed by atoms with Gasteiger partial charge in [0.2, 0.25) is 0 Å². The molecule has 0 aliphatic heterocycles. The summed E-state index contributed by atoms with van der Waals surface area (Å²) in [6.45, 7) is 2.83. The fraction of sp³-hybridized carbons (Fsp3) is 0.417. The van der Waals surface area contributed by atoms with Crippen molar-refractivity contribution in [2.45, 2.75) is 19.8 Å². The van der Waals surface area contributed by atoms with Crippen LogP contribution in [-0.2, 0) is 11.2 Å². The van der Waals surface area contributed by atoms with Crippen LogP contribution in [0.3, 0.4) is 0 Å². The number of pyridine rings is 1. The molecule has 15 heavy (non-hydrogen) atoms. The highest BCUT2D eigenvalue weighted by molar-refractivity contribution is 5.53. The van der Waals surface area contributed by atoms with Gasteiger partial charge in [0.25, 0.3) is 0 Å². The first kappa shape index (κ1) is 10.2. The van der Waals surface area contributed by atoms with Gasteiger partial charge in [0, 0.05) is 19.9 Å². The van der Waals surface area contributed by atoms with E-state index in [0.717, 1.165) is 25.3 Å². The Bertz CT molecular complexity index is 448. The number of nitrogens with zero attached hydrogens (tertiary/aromatic N) is 2. The molecule has 0 amide bonds. The molecule has 0 spiro atoms. The second-order valence-electron chi connectivity index (χ2n) is 3.66. The van der Waals surface area contributed by atoms with Crippen molar-refractivity contribution in [1.82, 2.24) is 9.38 Å². The van der Waals surface area contributed by atoms with Crippen LogP contribution in [0.2, 0.25) is 0 Å². The molecule has 3 nitrogen and oxygen atoms in total. The second-order valence-corrected chi connectivity index (χ2v) is 3.66. The zero-order chi connectivity index (χ0) is 10.7. The zero-order valence-electron chi connectivity index (χ0n) is 9.23. The highest BCUT2D eigenvalue weighted by Gasteiger charge is 2.06. The summed E-state index contributed by atoms with van der Waals surface area (Å²) in [6.07, 6.45) is 4.06. The molecule has 2 aromatic rings. The van der Waals surface area contributed by atoms with E-state index < -0.39 is 0 Å².